The lowest BCUT2D eigenvalue weighted by Gasteiger charge is -2.18. The summed E-state index contributed by atoms with van der Waals surface area (Å²) in [5, 5.41) is 5.98. The number of aromatic nitrogens is 2. The van der Waals surface area contributed by atoms with Crippen LogP contribution in [0.2, 0.25) is 0 Å². The highest BCUT2D eigenvalue weighted by atomic mass is 32.1. The highest BCUT2D eigenvalue weighted by Crippen LogP contribution is 2.34. The van der Waals surface area contributed by atoms with E-state index in [1.165, 1.54) is 16.2 Å². The number of anilines is 2. The molecule has 3 heterocycles. The number of carbonyl (C=O) groups excluding carboxylic acids is 2. The number of aryl methyl sites for hydroxylation is 2. The van der Waals surface area contributed by atoms with E-state index in [1.807, 2.05) is 0 Å². The Balaban J connectivity index is 1.45. The first-order chi connectivity index (χ1) is 13.1. The number of ether oxygens (including phenoxy) is 1. The molecule has 9 heteroatoms. The van der Waals surface area contributed by atoms with E-state index in [-0.39, 0.29) is 23.9 Å². The smallest absolute Gasteiger partial charge is 0.291 e. The summed E-state index contributed by atoms with van der Waals surface area (Å²) in [7, 11) is 0. The SMILES string of the molecule is O=C1COc2ccc(NC(=O)c3nc4sc5c(c4c(=O)[nH]3)CCC5)cc2N1. The summed E-state index contributed by atoms with van der Waals surface area (Å²) in [6.45, 7) is -0.0331. The number of aromatic amines is 1. The lowest BCUT2D eigenvalue weighted by Crippen LogP contribution is -2.25. The van der Waals surface area contributed by atoms with Gasteiger partial charge in [-0.3, -0.25) is 14.4 Å². The minimum atomic E-state index is -0.523. The predicted octanol–water partition coefficient (Wildman–Crippen LogP) is 2.06. The van der Waals surface area contributed by atoms with Gasteiger partial charge in [-0.2, -0.15) is 0 Å². The molecule has 1 aliphatic carbocycles. The topological polar surface area (TPSA) is 113 Å². The zero-order valence-corrected chi connectivity index (χ0v) is 14.9. The molecule has 1 aromatic carbocycles. The van der Waals surface area contributed by atoms with Crippen LogP contribution in [0.3, 0.4) is 0 Å². The van der Waals surface area contributed by atoms with Gasteiger partial charge in [0.15, 0.2) is 6.61 Å². The second-order valence-corrected chi connectivity index (χ2v) is 7.54. The van der Waals surface area contributed by atoms with Crippen LogP contribution in [0.25, 0.3) is 10.2 Å². The van der Waals surface area contributed by atoms with Gasteiger partial charge in [-0.05, 0) is 43.0 Å². The van der Waals surface area contributed by atoms with E-state index < -0.39 is 5.91 Å². The number of benzene rings is 1. The number of nitrogens with zero attached hydrogens (tertiary/aromatic N) is 1. The molecule has 2 aliphatic rings. The summed E-state index contributed by atoms with van der Waals surface area (Å²) in [5.41, 5.74) is 1.73. The van der Waals surface area contributed by atoms with Crippen LogP contribution in [0.5, 0.6) is 5.75 Å². The molecule has 0 saturated heterocycles. The summed E-state index contributed by atoms with van der Waals surface area (Å²) in [5.74, 6) is -0.280. The molecule has 0 radical (unpaired) electrons. The molecule has 8 nitrogen and oxygen atoms in total. The van der Waals surface area contributed by atoms with E-state index in [0.29, 0.717) is 27.3 Å². The largest absolute Gasteiger partial charge is 0.482 e. The van der Waals surface area contributed by atoms with E-state index >= 15 is 0 Å². The van der Waals surface area contributed by atoms with Crippen molar-refractivity contribution < 1.29 is 14.3 Å². The molecule has 0 bridgehead atoms. The average molecular weight is 382 g/mol. The van der Waals surface area contributed by atoms with Crippen molar-refractivity contribution >= 4 is 44.7 Å². The van der Waals surface area contributed by atoms with E-state index in [1.54, 1.807) is 18.2 Å². The van der Waals surface area contributed by atoms with Gasteiger partial charge in [0.1, 0.15) is 10.6 Å². The monoisotopic (exact) mass is 382 g/mol. The number of fused-ring (bicyclic) bond motifs is 4. The summed E-state index contributed by atoms with van der Waals surface area (Å²) in [6, 6.07) is 4.92. The van der Waals surface area contributed by atoms with Gasteiger partial charge < -0.3 is 20.4 Å². The fraction of sp³-hybridized carbons (Fsp3) is 0.222. The summed E-state index contributed by atoms with van der Waals surface area (Å²) < 4.78 is 5.29. The highest BCUT2D eigenvalue weighted by Gasteiger charge is 2.23. The average Bonchev–Trinajstić information content (AvgIpc) is 3.21. The van der Waals surface area contributed by atoms with Gasteiger partial charge in [0.25, 0.3) is 17.4 Å². The van der Waals surface area contributed by atoms with Gasteiger partial charge in [0, 0.05) is 10.6 Å². The maximum atomic E-state index is 12.6. The van der Waals surface area contributed by atoms with Gasteiger partial charge >= 0.3 is 0 Å². The number of nitrogens with one attached hydrogen (secondary N) is 3. The molecule has 0 fully saturated rings. The summed E-state index contributed by atoms with van der Waals surface area (Å²) in [6.07, 6.45) is 2.90. The Morgan fingerprint density at radius 2 is 2.15 bits per heavy atom. The quantitative estimate of drug-likeness (QED) is 0.628. The fourth-order valence-corrected chi connectivity index (χ4v) is 4.72. The number of hydrogen-bond donors (Lipinski definition) is 3. The number of rotatable bonds is 2. The molecule has 3 N–H and O–H groups in total. The normalized spacial score (nSPS) is 15.0. The maximum absolute atomic E-state index is 12.6. The lowest BCUT2D eigenvalue weighted by atomic mass is 10.2. The molecular weight excluding hydrogens is 368 g/mol. The molecule has 2 amide bonds. The Morgan fingerprint density at radius 3 is 3.04 bits per heavy atom. The zero-order valence-electron chi connectivity index (χ0n) is 14.0. The van der Waals surface area contributed by atoms with E-state index in [0.717, 1.165) is 24.8 Å². The van der Waals surface area contributed by atoms with Crippen LogP contribution in [-0.2, 0) is 17.6 Å². The third-order valence-electron chi connectivity index (χ3n) is 4.66. The molecule has 0 atom stereocenters. The molecule has 3 aromatic rings. The van der Waals surface area contributed by atoms with Crippen LogP contribution in [0.15, 0.2) is 23.0 Å². The molecule has 5 rings (SSSR count). The molecule has 0 unspecified atom stereocenters. The van der Waals surface area contributed by atoms with Gasteiger partial charge in [0.05, 0.1) is 11.1 Å². The Morgan fingerprint density at radius 1 is 1.26 bits per heavy atom. The van der Waals surface area contributed by atoms with Crippen molar-refractivity contribution in [3.63, 3.8) is 0 Å². The zero-order chi connectivity index (χ0) is 18.5. The number of hydrogen-bond acceptors (Lipinski definition) is 6. The van der Waals surface area contributed by atoms with Gasteiger partial charge in [-0.25, -0.2) is 4.98 Å². The number of H-pyrrole nitrogens is 1. The molecule has 1 aliphatic heterocycles. The van der Waals surface area contributed by atoms with E-state index in [2.05, 4.69) is 20.6 Å². The van der Waals surface area contributed by atoms with Crippen molar-refractivity contribution in [2.75, 3.05) is 17.2 Å². The van der Waals surface area contributed by atoms with Gasteiger partial charge in [0.2, 0.25) is 5.82 Å². The van der Waals surface area contributed by atoms with Crippen LogP contribution in [-0.4, -0.2) is 28.4 Å². The Hall–Kier alpha value is -3.20. The van der Waals surface area contributed by atoms with Crippen LogP contribution in [0.4, 0.5) is 11.4 Å². The maximum Gasteiger partial charge on any atom is 0.291 e. The number of thiophene rings is 1. The Bertz CT molecular complexity index is 1180. The highest BCUT2D eigenvalue weighted by molar-refractivity contribution is 7.18. The lowest BCUT2D eigenvalue weighted by molar-refractivity contribution is -0.118. The van der Waals surface area contributed by atoms with Gasteiger partial charge in [-0.15, -0.1) is 11.3 Å². The minimum absolute atomic E-state index is 0.0331. The predicted molar refractivity (Wildman–Crippen MR) is 101 cm³/mol. The number of amides is 2. The molecule has 2 aromatic heterocycles. The standard InChI is InChI=1S/C18H14N4O4S/c23-13-7-26-11-5-4-8(6-10(11)20-13)19-17(25)15-21-16(24)14-9-2-1-3-12(9)27-18(14)22-15/h4-6H,1-3,7H2,(H,19,25)(H,20,23)(H,21,22,24). The van der Waals surface area contributed by atoms with Crippen molar-refractivity contribution in [1.29, 1.82) is 0 Å². The first kappa shape index (κ1) is 16.0. The summed E-state index contributed by atoms with van der Waals surface area (Å²) >= 11 is 1.48. The van der Waals surface area contributed by atoms with Crippen molar-refractivity contribution in [3.05, 3.63) is 44.8 Å². The van der Waals surface area contributed by atoms with Crippen LogP contribution >= 0.6 is 11.3 Å². The molecule has 136 valence electrons. The Labute approximate surface area is 156 Å². The first-order valence-electron chi connectivity index (χ1n) is 8.51. The van der Waals surface area contributed by atoms with Crippen molar-refractivity contribution in [1.82, 2.24) is 9.97 Å². The molecule has 27 heavy (non-hydrogen) atoms. The minimum Gasteiger partial charge on any atom is -0.482 e. The van der Waals surface area contributed by atoms with Crippen LogP contribution in [0, 0.1) is 0 Å². The van der Waals surface area contributed by atoms with Gasteiger partial charge in [-0.1, -0.05) is 0 Å². The second-order valence-electron chi connectivity index (χ2n) is 6.45. The fourth-order valence-electron chi connectivity index (χ4n) is 3.46. The first-order valence-corrected chi connectivity index (χ1v) is 9.33. The Kier molecular flexibility index (Phi) is 3.51. The van der Waals surface area contributed by atoms with Crippen molar-refractivity contribution in [2.24, 2.45) is 0 Å². The van der Waals surface area contributed by atoms with E-state index in [4.69, 9.17) is 4.74 Å². The summed E-state index contributed by atoms with van der Waals surface area (Å²) in [4.78, 5) is 45.2. The van der Waals surface area contributed by atoms with Crippen molar-refractivity contribution in [3.8, 4) is 5.75 Å². The third-order valence-corrected chi connectivity index (χ3v) is 5.85. The third kappa shape index (κ3) is 2.67. The van der Waals surface area contributed by atoms with Crippen molar-refractivity contribution in [2.45, 2.75) is 19.3 Å². The molecular formula is C18H14N4O4S. The van der Waals surface area contributed by atoms with Crippen LogP contribution in [0.1, 0.15) is 27.5 Å². The number of carbonyl (C=O) groups is 2. The molecule has 0 spiro atoms. The van der Waals surface area contributed by atoms with E-state index in [9.17, 15) is 14.4 Å². The second kappa shape index (κ2) is 5.92. The molecule has 0 saturated carbocycles. The van der Waals surface area contributed by atoms with Crippen LogP contribution < -0.4 is 20.9 Å².